The lowest BCUT2D eigenvalue weighted by Crippen LogP contribution is -3.14. The van der Waals surface area contributed by atoms with Crippen LogP contribution in [0, 0.1) is 0 Å². The fourth-order valence-corrected chi connectivity index (χ4v) is 6.87. The second-order valence-electron chi connectivity index (χ2n) is 9.61. The highest BCUT2D eigenvalue weighted by Gasteiger charge is 2.31. The van der Waals surface area contributed by atoms with Crippen LogP contribution in [0.4, 0.5) is 5.82 Å². The first-order valence-corrected chi connectivity index (χ1v) is 12.5. The fourth-order valence-electron chi connectivity index (χ4n) is 5.60. The molecule has 1 N–H and O–H groups in total. The van der Waals surface area contributed by atoms with E-state index in [2.05, 4.69) is 32.6 Å². The van der Waals surface area contributed by atoms with Crippen molar-refractivity contribution in [1.29, 1.82) is 0 Å². The fraction of sp³-hybridized carbons (Fsp3) is 0.739. The molecule has 2 saturated heterocycles. The lowest BCUT2D eigenvalue weighted by Gasteiger charge is -2.37. The molecular formula is C23H35N4O2S+. The summed E-state index contributed by atoms with van der Waals surface area (Å²) < 4.78 is 12.0. The van der Waals surface area contributed by atoms with Crippen LogP contribution in [0.25, 0.3) is 10.2 Å². The second-order valence-corrected chi connectivity index (χ2v) is 10.7. The van der Waals surface area contributed by atoms with E-state index in [0.29, 0.717) is 12.2 Å². The van der Waals surface area contributed by atoms with Crippen LogP contribution >= 0.6 is 11.3 Å². The summed E-state index contributed by atoms with van der Waals surface area (Å²) in [4.78, 5) is 17.1. The summed E-state index contributed by atoms with van der Waals surface area (Å²) in [6.45, 7) is 13.4. The molecule has 4 heterocycles. The molecule has 0 radical (unpaired) electrons. The third-order valence-corrected chi connectivity index (χ3v) is 7.77. The number of hydrogen-bond acceptors (Lipinski definition) is 6. The molecule has 2 aliphatic heterocycles. The van der Waals surface area contributed by atoms with E-state index in [1.165, 1.54) is 46.4 Å². The number of aryl methyl sites for hydroxylation is 2. The molecule has 0 aromatic carbocycles. The molecule has 0 unspecified atom stereocenters. The van der Waals surface area contributed by atoms with Gasteiger partial charge in [0.05, 0.1) is 17.6 Å². The first kappa shape index (κ1) is 20.6. The van der Waals surface area contributed by atoms with E-state index < -0.39 is 0 Å². The number of nitrogens with zero attached hydrogens (tertiary/aromatic N) is 3. The minimum Gasteiger partial charge on any atom is -0.372 e. The second kappa shape index (κ2) is 8.34. The Bertz CT molecular complexity index is 896. The summed E-state index contributed by atoms with van der Waals surface area (Å²) in [5.41, 5.74) is 1.52. The van der Waals surface area contributed by atoms with Crippen molar-refractivity contribution < 1.29 is 14.4 Å². The molecule has 0 bridgehead atoms. The molecule has 2 aromatic heterocycles. The van der Waals surface area contributed by atoms with Crippen molar-refractivity contribution in [3.63, 3.8) is 0 Å². The number of rotatable bonds is 3. The molecule has 7 heteroatoms. The van der Waals surface area contributed by atoms with Crippen LogP contribution < -0.4 is 9.80 Å². The van der Waals surface area contributed by atoms with Crippen LogP contribution in [-0.2, 0) is 28.9 Å². The summed E-state index contributed by atoms with van der Waals surface area (Å²) in [5, 5.41) is 1.33. The highest BCUT2D eigenvalue weighted by atomic mass is 32.1. The Morgan fingerprint density at radius 3 is 2.33 bits per heavy atom. The Kier molecular flexibility index (Phi) is 5.73. The van der Waals surface area contributed by atoms with Gasteiger partial charge in [-0.05, 0) is 58.9 Å². The largest absolute Gasteiger partial charge is 0.372 e. The van der Waals surface area contributed by atoms with Crippen molar-refractivity contribution >= 4 is 27.4 Å². The van der Waals surface area contributed by atoms with Gasteiger partial charge in [0.15, 0.2) is 5.82 Å². The topological polar surface area (TPSA) is 51.9 Å². The van der Waals surface area contributed by atoms with Crippen molar-refractivity contribution in [2.75, 3.05) is 31.1 Å². The molecule has 2 fully saturated rings. The minimum atomic E-state index is 0.225. The molecule has 0 amide bonds. The van der Waals surface area contributed by atoms with E-state index in [1.807, 2.05) is 11.3 Å². The number of morpholine rings is 2. The molecule has 164 valence electrons. The summed E-state index contributed by atoms with van der Waals surface area (Å²) in [6, 6.07) is 0. The number of fused-ring (bicyclic) bond motifs is 3. The van der Waals surface area contributed by atoms with Gasteiger partial charge in [-0.25, -0.2) is 9.97 Å². The van der Waals surface area contributed by atoms with E-state index in [9.17, 15) is 0 Å². The molecule has 1 aliphatic carbocycles. The van der Waals surface area contributed by atoms with Crippen molar-refractivity contribution in [3.05, 3.63) is 16.3 Å². The SMILES string of the molecule is C[C@@H]1C[NH+](Cc2nc(N3C[C@@H](C)O[C@@H](C)C3)c3c4c(sc3n2)CCCC4)C[C@@H](C)O1. The van der Waals surface area contributed by atoms with Crippen LogP contribution in [-0.4, -0.2) is 60.6 Å². The van der Waals surface area contributed by atoms with E-state index >= 15 is 0 Å². The summed E-state index contributed by atoms with van der Waals surface area (Å²) >= 11 is 1.91. The molecule has 3 aliphatic rings. The van der Waals surface area contributed by atoms with Gasteiger partial charge >= 0.3 is 0 Å². The lowest BCUT2D eigenvalue weighted by atomic mass is 9.96. The normalized spacial score (nSPS) is 32.4. The summed E-state index contributed by atoms with van der Waals surface area (Å²) in [5.74, 6) is 2.14. The first-order valence-electron chi connectivity index (χ1n) is 11.7. The maximum atomic E-state index is 6.02. The van der Waals surface area contributed by atoms with Crippen molar-refractivity contribution in [2.45, 2.75) is 84.3 Å². The summed E-state index contributed by atoms with van der Waals surface area (Å²) in [7, 11) is 0. The third-order valence-electron chi connectivity index (χ3n) is 6.59. The van der Waals surface area contributed by atoms with Crippen LogP contribution in [0.5, 0.6) is 0 Å². The van der Waals surface area contributed by atoms with Gasteiger partial charge in [0.25, 0.3) is 0 Å². The highest BCUT2D eigenvalue weighted by Crippen LogP contribution is 2.40. The van der Waals surface area contributed by atoms with Crippen LogP contribution in [0.2, 0.25) is 0 Å². The van der Waals surface area contributed by atoms with Gasteiger partial charge in [0.2, 0.25) is 0 Å². The average Bonchev–Trinajstić information content (AvgIpc) is 3.04. The number of nitrogens with one attached hydrogen (secondary N) is 1. The Morgan fingerprint density at radius 1 is 0.933 bits per heavy atom. The van der Waals surface area contributed by atoms with Crippen LogP contribution in [0.15, 0.2) is 0 Å². The molecule has 5 rings (SSSR count). The van der Waals surface area contributed by atoms with E-state index in [4.69, 9.17) is 19.4 Å². The molecule has 0 saturated carbocycles. The van der Waals surface area contributed by atoms with Gasteiger partial charge < -0.3 is 19.3 Å². The zero-order valence-electron chi connectivity index (χ0n) is 18.7. The number of aromatic nitrogens is 2. The zero-order valence-corrected chi connectivity index (χ0v) is 19.6. The van der Waals surface area contributed by atoms with Gasteiger partial charge in [0.1, 0.15) is 42.5 Å². The molecule has 4 atom stereocenters. The predicted octanol–water partition coefficient (Wildman–Crippen LogP) is 2.38. The van der Waals surface area contributed by atoms with Gasteiger partial charge in [-0.3, -0.25) is 0 Å². The zero-order chi connectivity index (χ0) is 20.8. The Labute approximate surface area is 183 Å². The number of hydrogen-bond donors (Lipinski definition) is 1. The van der Waals surface area contributed by atoms with E-state index in [-0.39, 0.29) is 12.2 Å². The molecule has 6 nitrogen and oxygen atoms in total. The van der Waals surface area contributed by atoms with Crippen LogP contribution in [0.1, 0.15) is 56.8 Å². The minimum absolute atomic E-state index is 0.225. The van der Waals surface area contributed by atoms with Crippen molar-refractivity contribution in [3.8, 4) is 0 Å². The highest BCUT2D eigenvalue weighted by molar-refractivity contribution is 7.19. The number of anilines is 1. The third kappa shape index (κ3) is 4.09. The Hall–Kier alpha value is -1.28. The number of ether oxygens (including phenoxy) is 2. The van der Waals surface area contributed by atoms with Crippen LogP contribution in [0.3, 0.4) is 0 Å². The monoisotopic (exact) mass is 431 g/mol. The summed E-state index contributed by atoms with van der Waals surface area (Å²) in [6.07, 6.45) is 5.99. The Morgan fingerprint density at radius 2 is 1.60 bits per heavy atom. The number of thiophene rings is 1. The maximum Gasteiger partial charge on any atom is 0.187 e. The molecular weight excluding hydrogens is 396 g/mol. The predicted molar refractivity (Wildman–Crippen MR) is 121 cm³/mol. The Balaban J connectivity index is 1.54. The van der Waals surface area contributed by atoms with Crippen molar-refractivity contribution in [1.82, 2.24) is 9.97 Å². The average molecular weight is 432 g/mol. The van der Waals surface area contributed by atoms with Gasteiger partial charge in [0, 0.05) is 18.0 Å². The molecule has 30 heavy (non-hydrogen) atoms. The van der Waals surface area contributed by atoms with Gasteiger partial charge in [-0.15, -0.1) is 11.3 Å². The van der Waals surface area contributed by atoms with E-state index in [0.717, 1.165) is 44.4 Å². The van der Waals surface area contributed by atoms with Crippen molar-refractivity contribution in [2.24, 2.45) is 0 Å². The standard InChI is InChI=1S/C23H34N4O2S/c1-14-9-26(10-15(2)28-14)13-20-24-22(27-11-16(3)29-17(4)12-27)21-18-7-5-6-8-19(18)30-23(21)25-20/h14-17H,5-13H2,1-4H3/p+1/t14-,15-,16-,17+/m1/s1. The molecule has 0 spiro atoms. The number of quaternary nitrogens is 1. The first-order chi connectivity index (χ1) is 14.5. The van der Waals surface area contributed by atoms with Gasteiger partial charge in [-0.1, -0.05) is 0 Å². The quantitative estimate of drug-likeness (QED) is 0.809. The lowest BCUT2D eigenvalue weighted by molar-refractivity contribution is -0.928. The maximum absolute atomic E-state index is 6.02. The van der Waals surface area contributed by atoms with E-state index in [1.54, 1.807) is 4.88 Å². The smallest absolute Gasteiger partial charge is 0.187 e. The van der Waals surface area contributed by atoms with Gasteiger partial charge in [-0.2, -0.15) is 0 Å². The molecule has 2 aromatic rings.